The second kappa shape index (κ2) is 14.1. The number of hydrogen-bond donors (Lipinski definition) is 2. The quantitative estimate of drug-likeness (QED) is 0.465. The molecular formula is C20H38N2O3. The van der Waals surface area contributed by atoms with Crippen molar-refractivity contribution < 1.29 is 14.7 Å². The Hall–Kier alpha value is -1.10. The van der Waals surface area contributed by atoms with Crippen LogP contribution < -0.4 is 5.32 Å². The van der Waals surface area contributed by atoms with Crippen LogP contribution >= 0.6 is 0 Å². The number of carboxylic acids is 1. The van der Waals surface area contributed by atoms with Gasteiger partial charge in [0.1, 0.15) is 0 Å². The van der Waals surface area contributed by atoms with Gasteiger partial charge in [0, 0.05) is 19.4 Å². The molecule has 146 valence electrons. The van der Waals surface area contributed by atoms with E-state index in [2.05, 4.69) is 17.1 Å². The number of rotatable bonds is 14. The van der Waals surface area contributed by atoms with Gasteiger partial charge in [-0.25, -0.2) is 0 Å². The summed E-state index contributed by atoms with van der Waals surface area (Å²) in [7, 11) is 0. The van der Waals surface area contributed by atoms with Gasteiger partial charge in [-0.05, 0) is 64.1 Å². The lowest BCUT2D eigenvalue weighted by Crippen LogP contribution is -2.31. The summed E-state index contributed by atoms with van der Waals surface area (Å²) >= 11 is 0. The largest absolute Gasteiger partial charge is 0.481 e. The first-order valence-corrected chi connectivity index (χ1v) is 10.3. The Kier molecular flexibility index (Phi) is 12.4. The van der Waals surface area contributed by atoms with Gasteiger partial charge in [0.25, 0.3) is 0 Å². The molecule has 1 heterocycles. The van der Waals surface area contributed by atoms with Crippen LogP contribution in [0.4, 0.5) is 0 Å². The van der Waals surface area contributed by atoms with E-state index in [-0.39, 0.29) is 12.3 Å². The second-order valence-electron chi connectivity index (χ2n) is 7.62. The molecule has 1 atom stereocenters. The van der Waals surface area contributed by atoms with E-state index in [1.165, 1.54) is 45.3 Å². The molecule has 1 unspecified atom stereocenters. The molecule has 0 radical (unpaired) electrons. The van der Waals surface area contributed by atoms with Gasteiger partial charge in [-0.1, -0.05) is 32.6 Å². The van der Waals surface area contributed by atoms with Crippen LogP contribution in [0.5, 0.6) is 0 Å². The standard InChI is InChI=1S/C20H38N2O3/c1-18(11-10-16-22-14-8-5-9-15-22)17-19(23)21-13-7-4-2-3-6-12-20(24)25/h18H,2-17H2,1H3,(H,21,23)(H,24,25). The monoisotopic (exact) mass is 354 g/mol. The molecule has 2 N–H and O–H groups in total. The minimum Gasteiger partial charge on any atom is -0.481 e. The average molecular weight is 355 g/mol. The summed E-state index contributed by atoms with van der Waals surface area (Å²) in [5.41, 5.74) is 0. The molecule has 0 aromatic carbocycles. The average Bonchev–Trinajstić information content (AvgIpc) is 2.58. The molecule has 25 heavy (non-hydrogen) atoms. The molecule has 1 aliphatic rings. The number of unbranched alkanes of at least 4 members (excludes halogenated alkanes) is 4. The fourth-order valence-corrected chi connectivity index (χ4v) is 3.50. The summed E-state index contributed by atoms with van der Waals surface area (Å²) in [6.07, 6.45) is 12.1. The number of carboxylic acid groups (broad SMARTS) is 1. The van der Waals surface area contributed by atoms with E-state index in [0.29, 0.717) is 12.3 Å². The van der Waals surface area contributed by atoms with Crippen LogP contribution in [-0.2, 0) is 9.59 Å². The van der Waals surface area contributed by atoms with Crippen LogP contribution in [0.25, 0.3) is 0 Å². The first-order valence-electron chi connectivity index (χ1n) is 10.3. The second-order valence-corrected chi connectivity index (χ2v) is 7.62. The Morgan fingerprint density at radius 2 is 1.68 bits per heavy atom. The SMILES string of the molecule is CC(CCCN1CCCCC1)CC(=O)NCCCCCCCC(=O)O. The molecule has 0 aromatic heterocycles. The number of piperidine rings is 1. The van der Waals surface area contributed by atoms with Crippen LogP contribution in [0.2, 0.25) is 0 Å². The molecule has 0 aromatic rings. The van der Waals surface area contributed by atoms with E-state index in [9.17, 15) is 9.59 Å². The lowest BCUT2D eigenvalue weighted by atomic mass is 10.0. The van der Waals surface area contributed by atoms with E-state index in [1.807, 2.05) is 0 Å². The van der Waals surface area contributed by atoms with Gasteiger partial charge in [0.2, 0.25) is 5.91 Å². The fourth-order valence-electron chi connectivity index (χ4n) is 3.50. The van der Waals surface area contributed by atoms with Crippen molar-refractivity contribution in [3.05, 3.63) is 0 Å². The van der Waals surface area contributed by atoms with Crippen molar-refractivity contribution in [1.82, 2.24) is 10.2 Å². The minimum absolute atomic E-state index is 0.177. The molecule has 1 rings (SSSR count). The van der Waals surface area contributed by atoms with Gasteiger partial charge in [-0.15, -0.1) is 0 Å². The zero-order valence-corrected chi connectivity index (χ0v) is 16.1. The molecule has 1 aliphatic heterocycles. The van der Waals surface area contributed by atoms with E-state index < -0.39 is 5.97 Å². The molecule has 0 saturated carbocycles. The van der Waals surface area contributed by atoms with Crippen molar-refractivity contribution in [1.29, 1.82) is 0 Å². The van der Waals surface area contributed by atoms with E-state index in [0.717, 1.165) is 45.1 Å². The summed E-state index contributed by atoms with van der Waals surface area (Å²) < 4.78 is 0. The zero-order chi connectivity index (χ0) is 18.3. The number of likely N-dealkylation sites (tertiary alicyclic amines) is 1. The number of nitrogens with one attached hydrogen (secondary N) is 1. The molecule has 0 aliphatic carbocycles. The maximum absolute atomic E-state index is 11.9. The van der Waals surface area contributed by atoms with Gasteiger partial charge < -0.3 is 15.3 Å². The maximum atomic E-state index is 11.9. The lowest BCUT2D eigenvalue weighted by molar-refractivity contribution is -0.137. The van der Waals surface area contributed by atoms with Crippen LogP contribution in [0.15, 0.2) is 0 Å². The van der Waals surface area contributed by atoms with E-state index in [1.54, 1.807) is 0 Å². The predicted molar refractivity (Wildman–Crippen MR) is 102 cm³/mol. The van der Waals surface area contributed by atoms with Crippen LogP contribution in [0.1, 0.15) is 84.0 Å². The third kappa shape index (κ3) is 12.9. The smallest absolute Gasteiger partial charge is 0.303 e. The summed E-state index contributed by atoms with van der Waals surface area (Å²) in [5.74, 6) is -0.0746. The number of aliphatic carboxylic acids is 1. The molecule has 0 bridgehead atoms. The number of amides is 1. The number of carbonyl (C=O) groups is 2. The Balaban J connectivity index is 1.90. The first-order chi connectivity index (χ1) is 12.1. The number of nitrogens with zero attached hydrogens (tertiary/aromatic N) is 1. The molecule has 1 saturated heterocycles. The third-order valence-corrected chi connectivity index (χ3v) is 5.04. The topological polar surface area (TPSA) is 69.6 Å². The predicted octanol–water partition coefficient (Wildman–Crippen LogP) is 3.82. The highest BCUT2D eigenvalue weighted by Crippen LogP contribution is 2.14. The summed E-state index contributed by atoms with van der Waals surface area (Å²) in [6, 6.07) is 0. The highest BCUT2D eigenvalue weighted by molar-refractivity contribution is 5.76. The van der Waals surface area contributed by atoms with Gasteiger partial charge in [-0.3, -0.25) is 9.59 Å². The molecule has 0 spiro atoms. The van der Waals surface area contributed by atoms with E-state index >= 15 is 0 Å². The fraction of sp³-hybridized carbons (Fsp3) is 0.900. The first kappa shape index (κ1) is 21.9. The van der Waals surface area contributed by atoms with Crippen LogP contribution in [0.3, 0.4) is 0 Å². The van der Waals surface area contributed by atoms with Crippen molar-refractivity contribution in [2.24, 2.45) is 5.92 Å². The Morgan fingerprint density at radius 3 is 2.40 bits per heavy atom. The van der Waals surface area contributed by atoms with Gasteiger partial charge in [0.15, 0.2) is 0 Å². The van der Waals surface area contributed by atoms with Crippen molar-refractivity contribution in [2.45, 2.75) is 84.0 Å². The molecule has 5 heteroatoms. The summed E-state index contributed by atoms with van der Waals surface area (Å²) in [5, 5.41) is 11.6. The van der Waals surface area contributed by atoms with Crippen LogP contribution in [0, 0.1) is 5.92 Å². The highest BCUT2D eigenvalue weighted by atomic mass is 16.4. The molecule has 1 amide bonds. The minimum atomic E-state index is -0.711. The van der Waals surface area contributed by atoms with Crippen LogP contribution in [-0.4, -0.2) is 48.1 Å². The van der Waals surface area contributed by atoms with Crippen molar-refractivity contribution in [2.75, 3.05) is 26.2 Å². The third-order valence-electron chi connectivity index (χ3n) is 5.04. The maximum Gasteiger partial charge on any atom is 0.303 e. The molecule has 5 nitrogen and oxygen atoms in total. The van der Waals surface area contributed by atoms with Gasteiger partial charge in [-0.2, -0.15) is 0 Å². The van der Waals surface area contributed by atoms with E-state index in [4.69, 9.17) is 5.11 Å². The lowest BCUT2D eigenvalue weighted by Gasteiger charge is -2.26. The number of hydrogen-bond acceptors (Lipinski definition) is 3. The Bertz CT molecular complexity index is 368. The van der Waals surface area contributed by atoms with Gasteiger partial charge in [0.05, 0.1) is 0 Å². The number of carbonyl (C=O) groups excluding carboxylic acids is 1. The molecule has 1 fully saturated rings. The normalized spacial score (nSPS) is 16.5. The highest BCUT2D eigenvalue weighted by Gasteiger charge is 2.12. The Labute approximate surface area is 153 Å². The molecular weight excluding hydrogens is 316 g/mol. The van der Waals surface area contributed by atoms with Gasteiger partial charge >= 0.3 is 5.97 Å². The van der Waals surface area contributed by atoms with Crippen molar-refractivity contribution in [3.63, 3.8) is 0 Å². The summed E-state index contributed by atoms with van der Waals surface area (Å²) in [4.78, 5) is 24.9. The zero-order valence-electron chi connectivity index (χ0n) is 16.1. The summed E-state index contributed by atoms with van der Waals surface area (Å²) in [6.45, 7) is 6.63. The Morgan fingerprint density at radius 1 is 1.00 bits per heavy atom. The van der Waals surface area contributed by atoms with Crippen molar-refractivity contribution >= 4 is 11.9 Å². The van der Waals surface area contributed by atoms with Crippen molar-refractivity contribution in [3.8, 4) is 0 Å².